The molecular formula is C15H30N4O3S. The fourth-order valence-corrected chi connectivity index (χ4v) is 4.27. The summed E-state index contributed by atoms with van der Waals surface area (Å²) in [4.78, 5) is 14.6. The van der Waals surface area contributed by atoms with Crippen LogP contribution in [0, 0.1) is 11.8 Å². The number of carbonyl (C=O) groups is 1. The first-order valence-electron chi connectivity index (χ1n) is 8.52. The smallest absolute Gasteiger partial charge is 0.276 e. The average molecular weight is 346 g/mol. The highest BCUT2D eigenvalue weighted by Gasteiger charge is 2.32. The quantitative estimate of drug-likeness (QED) is 0.757. The number of nitrogens with one attached hydrogen (secondary N) is 1. The third kappa shape index (κ3) is 4.65. The first-order valence-corrected chi connectivity index (χ1v) is 10.0. The predicted octanol–water partition coefficient (Wildman–Crippen LogP) is 0.137. The van der Waals surface area contributed by atoms with Crippen LogP contribution in [0.3, 0.4) is 0 Å². The Kier molecular flexibility index (Phi) is 6.05. The second kappa shape index (κ2) is 7.46. The predicted molar refractivity (Wildman–Crippen MR) is 89.8 cm³/mol. The number of hydrogen-bond acceptors (Lipinski definition) is 4. The second-order valence-electron chi connectivity index (χ2n) is 7.04. The third-order valence-electron chi connectivity index (χ3n) is 5.59. The summed E-state index contributed by atoms with van der Waals surface area (Å²) in [6, 6.07) is 0.00136. The van der Waals surface area contributed by atoms with Crippen molar-refractivity contribution in [3.8, 4) is 0 Å². The van der Waals surface area contributed by atoms with E-state index in [1.165, 1.54) is 10.7 Å². The van der Waals surface area contributed by atoms with Crippen molar-refractivity contribution in [2.75, 3.05) is 26.2 Å². The lowest BCUT2D eigenvalue weighted by molar-refractivity contribution is -0.127. The van der Waals surface area contributed by atoms with Gasteiger partial charge in [0, 0.05) is 32.2 Å². The van der Waals surface area contributed by atoms with Crippen LogP contribution in [-0.4, -0.2) is 61.8 Å². The van der Waals surface area contributed by atoms with Gasteiger partial charge in [-0.05, 0) is 25.2 Å². The molecule has 1 saturated carbocycles. The zero-order valence-corrected chi connectivity index (χ0v) is 15.2. The van der Waals surface area contributed by atoms with Gasteiger partial charge in [-0.1, -0.05) is 26.7 Å². The molecule has 0 spiro atoms. The van der Waals surface area contributed by atoms with E-state index < -0.39 is 10.2 Å². The van der Waals surface area contributed by atoms with Crippen LogP contribution in [0.1, 0.15) is 40.0 Å². The first-order chi connectivity index (χ1) is 10.7. The van der Waals surface area contributed by atoms with Crippen molar-refractivity contribution in [3.63, 3.8) is 0 Å². The summed E-state index contributed by atoms with van der Waals surface area (Å²) in [5, 5.41) is 8.34. The van der Waals surface area contributed by atoms with Gasteiger partial charge < -0.3 is 5.32 Å². The third-order valence-corrected chi connectivity index (χ3v) is 6.68. The molecule has 8 heteroatoms. The number of amides is 1. The van der Waals surface area contributed by atoms with Crippen LogP contribution in [0.25, 0.3) is 0 Å². The van der Waals surface area contributed by atoms with Gasteiger partial charge in [0.1, 0.15) is 0 Å². The molecule has 23 heavy (non-hydrogen) atoms. The number of nitrogens with zero attached hydrogens (tertiary/aromatic N) is 2. The Morgan fingerprint density at radius 1 is 1.17 bits per heavy atom. The molecular weight excluding hydrogens is 316 g/mol. The number of rotatable bonds is 4. The van der Waals surface area contributed by atoms with Crippen molar-refractivity contribution in [1.82, 2.24) is 14.5 Å². The lowest BCUT2D eigenvalue weighted by atomic mass is 9.78. The molecule has 7 nitrogen and oxygen atoms in total. The average Bonchev–Trinajstić information content (AvgIpc) is 2.50. The van der Waals surface area contributed by atoms with E-state index in [4.69, 9.17) is 5.14 Å². The molecule has 4 unspecified atom stereocenters. The first kappa shape index (κ1) is 18.6. The molecule has 0 bridgehead atoms. The van der Waals surface area contributed by atoms with Gasteiger partial charge in [-0.25, -0.2) is 5.14 Å². The van der Waals surface area contributed by atoms with Crippen molar-refractivity contribution in [2.24, 2.45) is 17.0 Å². The van der Waals surface area contributed by atoms with E-state index in [1.807, 2.05) is 11.8 Å². The van der Waals surface area contributed by atoms with Crippen molar-refractivity contribution >= 4 is 16.1 Å². The minimum atomic E-state index is -3.63. The van der Waals surface area contributed by atoms with Gasteiger partial charge >= 0.3 is 0 Å². The molecule has 1 amide bonds. The molecule has 1 saturated heterocycles. The van der Waals surface area contributed by atoms with E-state index in [9.17, 15) is 13.2 Å². The van der Waals surface area contributed by atoms with Crippen LogP contribution in [-0.2, 0) is 15.0 Å². The summed E-state index contributed by atoms with van der Waals surface area (Å²) in [6.07, 6.45) is 3.44. The molecule has 1 aliphatic carbocycles. The van der Waals surface area contributed by atoms with Crippen LogP contribution in [0.5, 0.6) is 0 Å². The molecule has 2 aliphatic rings. The summed E-state index contributed by atoms with van der Waals surface area (Å²) < 4.78 is 23.9. The Balaban J connectivity index is 1.86. The van der Waals surface area contributed by atoms with Crippen LogP contribution in [0.2, 0.25) is 0 Å². The van der Waals surface area contributed by atoms with Gasteiger partial charge in [0.15, 0.2) is 0 Å². The second-order valence-corrected chi connectivity index (χ2v) is 8.58. The summed E-state index contributed by atoms with van der Waals surface area (Å²) in [5.74, 6) is 1.18. The van der Waals surface area contributed by atoms with Gasteiger partial charge in [0.25, 0.3) is 10.2 Å². The van der Waals surface area contributed by atoms with Gasteiger partial charge in [0.05, 0.1) is 6.04 Å². The van der Waals surface area contributed by atoms with Crippen LogP contribution < -0.4 is 10.5 Å². The normalized spacial score (nSPS) is 32.4. The molecule has 0 radical (unpaired) electrons. The molecule has 0 aromatic carbocycles. The van der Waals surface area contributed by atoms with Gasteiger partial charge in [0.2, 0.25) is 5.91 Å². The lowest BCUT2D eigenvalue weighted by Gasteiger charge is -2.38. The number of piperazine rings is 1. The zero-order chi connectivity index (χ0) is 17.2. The van der Waals surface area contributed by atoms with Gasteiger partial charge in [-0.15, -0.1) is 0 Å². The molecule has 1 heterocycles. The highest BCUT2D eigenvalue weighted by atomic mass is 32.2. The van der Waals surface area contributed by atoms with E-state index in [1.54, 1.807) is 0 Å². The van der Waals surface area contributed by atoms with Crippen LogP contribution >= 0.6 is 0 Å². The fourth-order valence-electron chi connectivity index (χ4n) is 3.60. The molecule has 1 aliphatic heterocycles. The minimum absolute atomic E-state index is 0.0417. The van der Waals surface area contributed by atoms with E-state index in [-0.39, 0.29) is 18.0 Å². The monoisotopic (exact) mass is 346 g/mol. The maximum absolute atomic E-state index is 12.5. The minimum Gasteiger partial charge on any atom is -0.352 e. The Bertz CT molecular complexity index is 517. The highest BCUT2D eigenvalue weighted by Crippen LogP contribution is 2.29. The summed E-state index contributed by atoms with van der Waals surface area (Å²) in [5.41, 5.74) is 0. The number of nitrogens with two attached hydrogens (primary N) is 1. The van der Waals surface area contributed by atoms with Crippen LogP contribution in [0.15, 0.2) is 0 Å². The molecule has 2 rings (SSSR count). The van der Waals surface area contributed by atoms with Gasteiger partial charge in [-0.2, -0.15) is 12.7 Å². The maximum atomic E-state index is 12.5. The Morgan fingerprint density at radius 2 is 1.78 bits per heavy atom. The van der Waals surface area contributed by atoms with Crippen LogP contribution in [0.4, 0.5) is 0 Å². The van der Waals surface area contributed by atoms with Crippen molar-refractivity contribution in [1.29, 1.82) is 0 Å². The molecule has 0 aromatic rings. The van der Waals surface area contributed by atoms with E-state index in [2.05, 4.69) is 19.2 Å². The Morgan fingerprint density at radius 3 is 2.35 bits per heavy atom. The Hall–Kier alpha value is -0.700. The van der Waals surface area contributed by atoms with Crippen molar-refractivity contribution in [2.45, 2.75) is 52.1 Å². The molecule has 2 fully saturated rings. The fraction of sp³-hybridized carbons (Fsp3) is 0.933. The standard InChI is InChI=1S/C15H30N4O3S/c1-11-5-4-6-14(12(11)2)17-15(20)13(3)18-7-9-19(10-8-18)23(16,21)22/h11-14H,4-10H2,1-3H3,(H,17,20)(H2,16,21,22). The largest absolute Gasteiger partial charge is 0.352 e. The molecule has 4 atom stereocenters. The highest BCUT2D eigenvalue weighted by molar-refractivity contribution is 7.86. The zero-order valence-electron chi connectivity index (χ0n) is 14.4. The molecule has 134 valence electrons. The number of carbonyl (C=O) groups excluding carboxylic acids is 1. The van der Waals surface area contributed by atoms with Crippen molar-refractivity contribution < 1.29 is 13.2 Å². The topological polar surface area (TPSA) is 95.7 Å². The SMILES string of the molecule is CC1CCCC(NC(=O)C(C)N2CCN(S(N)(=O)=O)CC2)C1C. The van der Waals surface area contributed by atoms with Crippen molar-refractivity contribution in [3.05, 3.63) is 0 Å². The summed E-state index contributed by atoms with van der Waals surface area (Å²) in [6.45, 7) is 8.09. The summed E-state index contributed by atoms with van der Waals surface area (Å²) >= 11 is 0. The number of hydrogen-bond donors (Lipinski definition) is 2. The van der Waals surface area contributed by atoms with E-state index in [0.29, 0.717) is 38.0 Å². The maximum Gasteiger partial charge on any atom is 0.276 e. The van der Waals surface area contributed by atoms with E-state index >= 15 is 0 Å². The molecule has 3 N–H and O–H groups in total. The van der Waals surface area contributed by atoms with Gasteiger partial charge in [-0.3, -0.25) is 9.69 Å². The Labute approximate surface area is 139 Å². The molecule has 0 aromatic heterocycles. The van der Waals surface area contributed by atoms with E-state index in [0.717, 1.165) is 12.8 Å². The summed E-state index contributed by atoms with van der Waals surface area (Å²) in [7, 11) is -3.63. The lowest BCUT2D eigenvalue weighted by Crippen LogP contribution is -2.57.